The maximum atomic E-state index is 11.8. The number of hydrogen-bond donors (Lipinski definition) is 4. The van der Waals surface area contributed by atoms with E-state index in [2.05, 4.69) is 34.6 Å². The summed E-state index contributed by atoms with van der Waals surface area (Å²) in [7, 11) is 0. The zero-order chi connectivity index (χ0) is 32.9. The summed E-state index contributed by atoms with van der Waals surface area (Å²) in [6.45, 7) is 17.0. The molecule has 6 aliphatic rings. The Morgan fingerprint density at radius 3 is 2.29 bits per heavy atom. The molecule has 6 fully saturated rings. The SMILES string of the molecule is CC(=O)O[C@@H](CCC(C)C1[C@H](O)CC2[C@@H]3CCC4C(C)(C)[C@@H](O[C@H]5C[C@@H](O)[C@H](O)CO5)CCC45[C@@H](C)[C@@]35CC[C@]12C)C(C)(C)O. The van der Waals surface area contributed by atoms with Crippen molar-refractivity contribution in [3.63, 3.8) is 0 Å². The molecule has 8 heteroatoms. The van der Waals surface area contributed by atoms with E-state index in [-0.39, 0.29) is 47.4 Å². The van der Waals surface area contributed by atoms with Gasteiger partial charge in [-0.15, -0.1) is 0 Å². The number of carbonyl (C=O) groups is 1. The highest BCUT2D eigenvalue weighted by Gasteiger charge is 2.84. The highest BCUT2D eigenvalue weighted by atomic mass is 16.7. The molecule has 1 heterocycles. The van der Waals surface area contributed by atoms with Gasteiger partial charge in [-0.25, -0.2) is 0 Å². The Balaban J connectivity index is 1.17. The predicted octanol–water partition coefficient (Wildman–Crippen LogP) is 5.22. The van der Waals surface area contributed by atoms with Crippen molar-refractivity contribution < 1.29 is 39.4 Å². The van der Waals surface area contributed by atoms with Gasteiger partial charge in [-0.2, -0.15) is 0 Å². The first-order valence-electron chi connectivity index (χ1n) is 18.1. The van der Waals surface area contributed by atoms with E-state index >= 15 is 0 Å². The van der Waals surface area contributed by atoms with Gasteiger partial charge in [-0.3, -0.25) is 4.79 Å². The summed E-state index contributed by atoms with van der Waals surface area (Å²) in [4.78, 5) is 11.8. The first-order valence-corrected chi connectivity index (χ1v) is 18.1. The Morgan fingerprint density at radius 1 is 0.933 bits per heavy atom. The highest BCUT2D eigenvalue weighted by Crippen LogP contribution is 2.89. The standard InChI is InChI=1S/C37H62O8/c1-20(9-12-30(34(6,7)42)44-22(3)38)32-26(40)17-24-23-10-11-28-33(4,5)29(45-31-18-25(39)27(41)19-43-31)13-14-37(28)21(2)36(23,37)16-15-35(24,32)8/h20-21,23-32,39-42H,9-19H2,1-8H3/t20?,21-,23-,24?,25+,26+,27+,28?,29-,30-,31-,32?,35-,36-,37?/m0/s1. The topological polar surface area (TPSA) is 126 Å². The van der Waals surface area contributed by atoms with Gasteiger partial charge in [-0.1, -0.05) is 34.6 Å². The minimum absolute atomic E-state index is 0.0166. The van der Waals surface area contributed by atoms with Crippen molar-refractivity contribution in [3.05, 3.63) is 0 Å². The third-order valence-corrected chi connectivity index (χ3v) is 15.2. The fourth-order valence-electron chi connectivity index (χ4n) is 13.3. The van der Waals surface area contributed by atoms with E-state index in [0.29, 0.717) is 47.3 Å². The summed E-state index contributed by atoms with van der Waals surface area (Å²) < 4.78 is 17.9. The van der Waals surface area contributed by atoms with E-state index in [1.54, 1.807) is 13.8 Å². The van der Waals surface area contributed by atoms with E-state index < -0.39 is 30.2 Å². The van der Waals surface area contributed by atoms with Crippen LogP contribution in [0.1, 0.15) is 120 Å². The maximum Gasteiger partial charge on any atom is 0.303 e. The van der Waals surface area contributed by atoms with E-state index in [1.165, 1.54) is 32.6 Å². The lowest BCUT2D eigenvalue weighted by molar-refractivity contribution is -0.264. The third kappa shape index (κ3) is 5.08. The summed E-state index contributed by atoms with van der Waals surface area (Å²) in [6.07, 6.45) is 6.61. The third-order valence-electron chi connectivity index (χ3n) is 15.2. The molecule has 4 N–H and O–H groups in total. The van der Waals surface area contributed by atoms with Gasteiger partial charge in [0.25, 0.3) is 0 Å². The normalized spacial score (nSPS) is 50.0. The molecule has 5 saturated carbocycles. The number of fused-ring (bicyclic) bond motifs is 2. The second-order valence-electron chi connectivity index (χ2n) is 17.9. The monoisotopic (exact) mass is 634 g/mol. The molecule has 258 valence electrons. The van der Waals surface area contributed by atoms with Crippen LogP contribution < -0.4 is 0 Å². The number of rotatable bonds is 8. The molecule has 2 spiro atoms. The Bertz CT molecular complexity index is 1120. The lowest BCUT2D eigenvalue weighted by Gasteiger charge is -2.60. The lowest BCUT2D eigenvalue weighted by Crippen LogP contribution is -2.56. The van der Waals surface area contributed by atoms with Gasteiger partial charge in [0.15, 0.2) is 6.29 Å². The molecular formula is C37H62O8. The molecule has 5 aliphatic carbocycles. The van der Waals surface area contributed by atoms with Gasteiger partial charge in [0, 0.05) is 13.3 Å². The van der Waals surface area contributed by atoms with Crippen LogP contribution in [0.3, 0.4) is 0 Å². The minimum Gasteiger partial charge on any atom is -0.460 e. The van der Waals surface area contributed by atoms with Crippen LogP contribution in [0.2, 0.25) is 0 Å². The average Bonchev–Trinajstić information content (AvgIpc) is 3.33. The highest BCUT2D eigenvalue weighted by molar-refractivity contribution is 5.66. The zero-order valence-electron chi connectivity index (χ0n) is 29.1. The summed E-state index contributed by atoms with van der Waals surface area (Å²) in [6, 6.07) is 0. The number of aliphatic hydroxyl groups is 4. The number of esters is 1. The quantitative estimate of drug-likeness (QED) is 0.212. The lowest BCUT2D eigenvalue weighted by atomic mass is 9.46. The van der Waals surface area contributed by atoms with Crippen molar-refractivity contribution in [2.75, 3.05) is 6.61 Å². The molecule has 0 bridgehead atoms. The molecule has 0 aromatic carbocycles. The van der Waals surface area contributed by atoms with E-state index in [1.807, 2.05) is 0 Å². The summed E-state index contributed by atoms with van der Waals surface area (Å²) in [5.74, 6) is 2.47. The van der Waals surface area contributed by atoms with Gasteiger partial charge < -0.3 is 34.6 Å². The molecule has 5 unspecified atom stereocenters. The number of ether oxygens (including phenoxy) is 3. The van der Waals surface area contributed by atoms with Crippen molar-refractivity contribution in [1.82, 2.24) is 0 Å². The Labute approximate surface area is 271 Å². The van der Waals surface area contributed by atoms with Crippen LogP contribution in [0.15, 0.2) is 0 Å². The molecule has 0 amide bonds. The van der Waals surface area contributed by atoms with Crippen LogP contribution in [-0.4, -0.2) is 75.4 Å². The van der Waals surface area contributed by atoms with Gasteiger partial charge in [0.1, 0.15) is 12.2 Å². The summed E-state index contributed by atoms with van der Waals surface area (Å²) in [5.41, 5.74) is -0.386. The van der Waals surface area contributed by atoms with Gasteiger partial charge in [0.05, 0.1) is 30.5 Å². The van der Waals surface area contributed by atoms with Crippen molar-refractivity contribution in [2.24, 2.45) is 57.2 Å². The van der Waals surface area contributed by atoms with Gasteiger partial charge in [-0.05, 0) is 129 Å². The molecule has 45 heavy (non-hydrogen) atoms. The van der Waals surface area contributed by atoms with Crippen LogP contribution in [0.4, 0.5) is 0 Å². The first-order chi connectivity index (χ1) is 20.9. The van der Waals surface area contributed by atoms with Crippen LogP contribution in [0, 0.1) is 57.2 Å². The molecule has 6 rings (SSSR count). The Morgan fingerprint density at radius 2 is 1.64 bits per heavy atom. The molecule has 0 aromatic heterocycles. The number of aliphatic hydroxyl groups excluding tert-OH is 3. The number of carbonyl (C=O) groups excluding carboxylic acids is 1. The number of hydrogen-bond acceptors (Lipinski definition) is 8. The molecule has 1 aliphatic heterocycles. The molecule has 8 nitrogen and oxygen atoms in total. The first kappa shape index (κ1) is 34.1. The molecular weight excluding hydrogens is 572 g/mol. The van der Waals surface area contributed by atoms with Gasteiger partial charge in [0.2, 0.25) is 0 Å². The summed E-state index contributed by atoms with van der Waals surface area (Å²) in [5, 5.41) is 42.5. The van der Waals surface area contributed by atoms with Crippen molar-refractivity contribution in [1.29, 1.82) is 0 Å². The second-order valence-corrected chi connectivity index (χ2v) is 17.9. The van der Waals surface area contributed by atoms with Crippen molar-refractivity contribution in [3.8, 4) is 0 Å². The van der Waals surface area contributed by atoms with E-state index in [0.717, 1.165) is 25.7 Å². The predicted molar refractivity (Wildman–Crippen MR) is 170 cm³/mol. The Hall–Kier alpha value is -0.770. The van der Waals surface area contributed by atoms with E-state index in [4.69, 9.17) is 14.2 Å². The van der Waals surface area contributed by atoms with Crippen LogP contribution in [-0.2, 0) is 19.0 Å². The van der Waals surface area contributed by atoms with Crippen LogP contribution >= 0.6 is 0 Å². The average molecular weight is 635 g/mol. The van der Waals surface area contributed by atoms with E-state index in [9.17, 15) is 25.2 Å². The largest absolute Gasteiger partial charge is 0.460 e. The second kappa shape index (κ2) is 11.4. The fourth-order valence-corrected chi connectivity index (χ4v) is 13.3. The van der Waals surface area contributed by atoms with Crippen LogP contribution in [0.5, 0.6) is 0 Å². The zero-order valence-corrected chi connectivity index (χ0v) is 29.1. The smallest absolute Gasteiger partial charge is 0.303 e. The van der Waals surface area contributed by atoms with Crippen molar-refractivity contribution >= 4 is 5.97 Å². The molecule has 15 atom stereocenters. The van der Waals surface area contributed by atoms with Gasteiger partial charge >= 0.3 is 5.97 Å². The molecule has 0 radical (unpaired) electrons. The summed E-state index contributed by atoms with van der Waals surface area (Å²) >= 11 is 0. The van der Waals surface area contributed by atoms with Crippen molar-refractivity contribution in [2.45, 2.75) is 162 Å². The molecule has 1 saturated heterocycles. The fraction of sp³-hybridized carbons (Fsp3) is 0.973. The maximum absolute atomic E-state index is 11.8. The molecule has 0 aromatic rings. The minimum atomic E-state index is -1.11. The Kier molecular flexibility index (Phi) is 8.64. The van der Waals surface area contributed by atoms with Crippen LogP contribution in [0.25, 0.3) is 0 Å².